The summed E-state index contributed by atoms with van der Waals surface area (Å²) >= 11 is 10.1. The Kier molecular flexibility index (Phi) is 5.66. The van der Waals surface area contributed by atoms with Gasteiger partial charge >= 0.3 is 0 Å². The first kappa shape index (κ1) is 17.1. The fourth-order valence-corrected chi connectivity index (χ4v) is 3.71. The summed E-state index contributed by atoms with van der Waals surface area (Å²) in [6.07, 6.45) is 5.68. The molecule has 24 heavy (non-hydrogen) atoms. The van der Waals surface area contributed by atoms with E-state index < -0.39 is 0 Å². The van der Waals surface area contributed by atoms with Gasteiger partial charge in [-0.05, 0) is 29.3 Å². The summed E-state index contributed by atoms with van der Waals surface area (Å²) in [6, 6.07) is 17.9. The van der Waals surface area contributed by atoms with Gasteiger partial charge in [0.2, 0.25) is 0 Å². The molecular weight excluding hydrogens is 402 g/mol. The number of hydrogen-bond donors (Lipinski definition) is 0. The maximum Gasteiger partial charge on any atom is 0.266 e. The van der Waals surface area contributed by atoms with E-state index in [-0.39, 0.29) is 5.91 Å². The monoisotopic (exact) mass is 415 g/mol. The summed E-state index contributed by atoms with van der Waals surface area (Å²) in [6.45, 7) is 0.513. The second kappa shape index (κ2) is 7.92. The molecular formula is C19H14BrNOS2. The van der Waals surface area contributed by atoms with E-state index in [1.165, 1.54) is 11.8 Å². The molecule has 1 heterocycles. The van der Waals surface area contributed by atoms with Crippen molar-refractivity contribution in [2.24, 2.45) is 0 Å². The van der Waals surface area contributed by atoms with Gasteiger partial charge in [-0.25, -0.2) is 0 Å². The molecule has 0 N–H and O–H groups in total. The average molecular weight is 416 g/mol. The van der Waals surface area contributed by atoms with E-state index in [4.69, 9.17) is 12.2 Å². The smallest absolute Gasteiger partial charge is 0.266 e. The maximum atomic E-state index is 12.5. The minimum absolute atomic E-state index is 0.0330. The van der Waals surface area contributed by atoms with Gasteiger partial charge in [-0.3, -0.25) is 9.69 Å². The summed E-state index contributed by atoms with van der Waals surface area (Å²) in [5.74, 6) is -0.0330. The molecule has 0 unspecified atom stereocenters. The highest BCUT2D eigenvalue weighted by atomic mass is 79.9. The van der Waals surface area contributed by atoms with Crippen molar-refractivity contribution >= 4 is 56.2 Å². The van der Waals surface area contributed by atoms with Crippen molar-refractivity contribution in [3.8, 4) is 0 Å². The molecule has 5 heteroatoms. The van der Waals surface area contributed by atoms with Crippen LogP contribution in [0, 0.1) is 0 Å². The van der Waals surface area contributed by atoms with Crippen molar-refractivity contribution in [3.63, 3.8) is 0 Å². The number of carbonyl (C=O) groups excluding carboxylic acids is 1. The predicted octanol–water partition coefficient (Wildman–Crippen LogP) is 5.41. The van der Waals surface area contributed by atoms with Crippen LogP contribution in [0.5, 0.6) is 0 Å². The fourth-order valence-electron chi connectivity index (χ4n) is 2.24. The molecule has 2 nitrogen and oxygen atoms in total. The molecule has 0 aromatic heterocycles. The van der Waals surface area contributed by atoms with Crippen LogP contribution in [0.25, 0.3) is 6.08 Å². The first-order valence-electron chi connectivity index (χ1n) is 7.35. The van der Waals surface area contributed by atoms with Crippen LogP contribution >= 0.6 is 39.9 Å². The van der Waals surface area contributed by atoms with Gasteiger partial charge < -0.3 is 0 Å². The molecule has 0 saturated carbocycles. The largest absolute Gasteiger partial charge is 0.288 e. The topological polar surface area (TPSA) is 20.3 Å². The van der Waals surface area contributed by atoms with E-state index in [1.807, 2.05) is 72.8 Å². The second-order valence-corrected chi connectivity index (χ2v) is 7.78. The van der Waals surface area contributed by atoms with Crippen molar-refractivity contribution in [3.05, 3.63) is 87.3 Å². The molecule has 120 valence electrons. The Bertz CT molecular complexity index is 813. The Morgan fingerprint density at radius 2 is 1.79 bits per heavy atom. The van der Waals surface area contributed by atoms with Gasteiger partial charge in [-0.1, -0.05) is 94.5 Å². The number of hydrogen-bond acceptors (Lipinski definition) is 3. The van der Waals surface area contributed by atoms with Crippen molar-refractivity contribution in [1.29, 1.82) is 0 Å². The Balaban J connectivity index is 1.70. The number of thioether (sulfide) groups is 1. The van der Waals surface area contributed by atoms with Crippen LogP contribution in [0.2, 0.25) is 0 Å². The second-order valence-electron chi connectivity index (χ2n) is 5.19. The van der Waals surface area contributed by atoms with Gasteiger partial charge in [-0.15, -0.1) is 0 Å². The van der Waals surface area contributed by atoms with Crippen LogP contribution in [-0.2, 0) is 11.3 Å². The Morgan fingerprint density at radius 1 is 1.08 bits per heavy atom. The van der Waals surface area contributed by atoms with Crippen LogP contribution in [0.4, 0.5) is 0 Å². The molecule has 2 aromatic rings. The standard InChI is InChI=1S/C19H14BrNOS2/c20-16-11-9-14(10-12-16)7-4-8-17-18(22)21(19(23)24-17)13-15-5-2-1-3-6-15/h1-12H,13H2/b7-4+,17-8-. The number of benzene rings is 2. The van der Waals surface area contributed by atoms with Crippen LogP contribution < -0.4 is 0 Å². The lowest BCUT2D eigenvalue weighted by atomic mass is 10.2. The molecule has 1 saturated heterocycles. The highest BCUT2D eigenvalue weighted by Crippen LogP contribution is 2.32. The van der Waals surface area contributed by atoms with Gasteiger partial charge in [0.05, 0.1) is 11.4 Å². The van der Waals surface area contributed by atoms with Crippen molar-refractivity contribution in [1.82, 2.24) is 4.90 Å². The van der Waals surface area contributed by atoms with Gasteiger partial charge in [-0.2, -0.15) is 0 Å². The van der Waals surface area contributed by atoms with Crippen molar-refractivity contribution < 1.29 is 4.79 Å². The Hall–Kier alpha value is -1.69. The zero-order valence-electron chi connectivity index (χ0n) is 12.7. The molecule has 0 spiro atoms. The Labute approximate surface area is 159 Å². The van der Waals surface area contributed by atoms with Gasteiger partial charge in [0.15, 0.2) is 0 Å². The third-order valence-corrected chi connectivity index (χ3v) is 5.39. The van der Waals surface area contributed by atoms with Crippen molar-refractivity contribution in [2.75, 3.05) is 0 Å². The molecule has 2 aromatic carbocycles. The van der Waals surface area contributed by atoms with E-state index in [2.05, 4.69) is 15.9 Å². The molecule has 1 amide bonds. The van der Waals surface area contributed by atoms with Gasteiger partial charge in [0.25, 0.3) is 5.91 Å². The van der Waals surface area contributed by atoms with E-state index >= 15 is 0 Å². The molecule has 0 atom stereocenters. The highest BCUT2D eigenvalue weighted by molar-refractivity contribution is 9.10. The van der Waals surface area contributed by atoms with Crippen LogP contribution in [0.15, 0.2) is 76.1 Å². The number of halogens is 1. The SMILES string of the molecule is O=C1/C(=C/C=C/c2ccc(Br)cc2)SC(=S)N1Cc1ccccc1. The predicted molar refractivity (Wildman–Crippen MR) is 108 cm³/mol. The number of amides is 1. The van der Waals surface area contributed by atoms with Crippen LogP contribution in [-0.4, -0.2) is 15.1 Å². The molecule has 1 aliphatic heterocycles. The third kappa shape index (κ3) is 4.23. The molecule has 3 rings (SSSR count). The van der Waals surface area contributed by atoms with E-state index in [0.717, 1.165) is 15.6 Å². The lowest BCUT2D eigenvalue weighted by Crippen LogP contribution is -2.27. The van der Waals surface area contributed by atoms with Gasteiger partial charge in [0, 0.05) is 4.47 Å². The van der Waals surface area contributed by atoms with Crippen molar-refractivity contribution in [2.45, 2.75) is 6.54 Å². The molecule has 0 bridgehead atoms. The van der Waals surface area contributed by atoms with Gasteiger partial charge in [0.1, 0.15) is 4.32 Å². The highest BCUT2D eigenvalue weighted by Gasteiger charge is 2.31. The lowest BCUT2D eigenvalue weighted by molar-refractivity contribution is -0.122. The first-order valence-corrected chi connectivity index (χ1v) is 9.37. The summed E-state index contributed by atoms with van der Waals surface area (Å²) in [5, 5.41) is 0. The van der Waals surface area contributed by atoms with Crippen LogP contribution in [0.1, 0.15) is 11.1 Å². The molecule has 1 aliphatic rings. The lowest BCUT2D eigenvalue weighted by Gasteiger charge is -2.14. The van der Waals surface area contributed by atoms with E-state index in [0.29, 0.717) is 15.8 Å². The van der Waals surface area contributed by atoms with Crippen LogP contribution in [0.3, 0.4) is 0 Å². The number of nitrogens with zero attached hydrogens (tertiary/aromatic N) is 1. The molecule has 0 aliphatic carbocycles. The maximum absolute atomic E-state index is 12.5. The number of thiocarbonyl (C=S) groups is 1. The fraction of sp³-hybridized carbons (Fsp3) is 0.0526. The summed E-state index contributed by atoms with van der Waals surface area (Å²) in [7, 11) is 0. The number of carbonyl (C=O) groups is 1. The first-order chi connectivity index (χ1) is 11.6. The zero-order valence-corrected chi connectivity index (χ0v) is 15.9. The quantitative estimate of drug-likeness (QED) is 0.491. The summed E-state index contributed by atoms with van der Waals surface area (Å²) in [5.41, 5.74) is 2.15. The van der Waals surface area contributed by atoms with E-state index in [1.54, 1.807) is 4.90 Å². The minimum Gasteiger partial charge on any atom is -0.288 e. The third-order valence-electron chi connectivity index (χ3n) is 3.46. The normalized spacial score (nSPS) is 16.5. The zero-order chi connectivity index (χ0) is 16.9. The summed E-state index contributed by atoms with van der Waals surface area (Å²) < 4.78 is 1.65. The summed E-state index contributed by atoms with van der Waals surface area (Å²) in [4.78, 5) is 14.8. The Morgan fingerprint density at radius 3 is 2.50 bits per heavy atom. The minimum atomic E-state index is -0.0330. The number of allylic oxidation sites excluding steroid dienone is 2. The average Bonchev–Trinajstić information content (AvgIpc) is 2.85. The van der Waals surface area contributed by atoms with E-state index in [9.17, 15) is 4.79 Å². The molecule has 0 radical (unpaired) electrons. The number of rotatable bonds is 4. The molecule has 1 fully saturated rings.